The molecule has 0 bridgehead atoms. The number of nitrogens with zero attached hydrogens (tertiary/aromatic N) is 4. The Bertz CT molecular complexity index is 699. The van der Waals surface area contributed by atoms with Gasteiger partial charge in [-0.1, -0.05) is 23.7 Å². The number of aliphatic imine (C=N–C) groups is 1. The van der Waals surface area contributed by atoms with Crippen LogP contribution in [0.2, 0.25) is 5.02 Å². The van der Waals surface area contributed by atoms with Crippen molar-refractivity contribution in [2.24, 2.45) is 4.99 Å². The van der Waals surface area contributed by atoms with Crippen LogP contribution in [0.3, 0.4) is 0 Å². The third kappa shape index (κ3) is 3.94. The average Bonchev–Trinajstić information content (AvgIpc) is 2.44. The van der Waals surface area contributed by atoms with Crippen molar-refractivity contribution in [3.05, 3.63) is 41.2 Å². The average molecular weight is 329 g/mol. The number of hydrogen-bond acceptors (Lipinski definition) is 3. The predicted octanol–water partition coefficient (Wildman–Crippen LogP) is 4.04. The normalized spacial score (nSPS) is 11.9. The van der Waals surface area contributed by atoms with Crippen LogP contribution in [0.5, 0.6) is 0 Å². The first-order chi connectivity index (χ1) is 10.3. The summed E-state index contributed by atoms with van der Waals surface area (Å²) < 4.78 is 39.3. The van der Waals surface area contributed by atoms with Crippen molar-refractivity contribution in [3.8, 4) is 11.3 Å². The molecule has 0 N–H and O–H groups in total. The zero-order chi connectivity index (χ0) is 16.3. The summed E-state index contributed by atoms with van der Waals surface area (Å²) in [5.74, 6) is 0.0803. The molecule has 0 unspecified atom stereocenters. The van der Waals surface area contributed by atoms with Crippen molar-refractivity contribution >= 4 is 23.8 Å². The largest absolute Gasteiger partial charge is 0.435 e. The summed E-state index contributed by atoms with van der Waals surface area (Å²) in [6, 6.07) is 6.01. The van der Waals surface area contributed by atoms with Crippen LogP contribution in [0.1, 0.15) is 5.69 Å². The van der Waals surface area contributed by atoms with Gasteiger partial charge >= 0.3 is 6.18 Å². The van der Waals surface area contributed by atoms with E-state index in [0.29, 0.717) is 5.02 Å². The Labute approximate surface area is 130 Å². The summed E-state index contributed by atoms with van der Waals surface area (Å²) in [6.07, 6.45) is -2.20. The van der Waals surface area contributed by atoms with Gasteiger partial charge in [0.2, 0.25) is 0 Å². The summed E-state index contributed by atoms with van der Waals surface area (Å²) >= 11 is 5.84. The van der Waals surface area contributed by atoms with E-state index in [4.69, 9.17) is 11.6 Å². The van der Waals surface area contributed by atoms with Crippen molar-refractivity contribution < 1.29 is 13.2 Å². The Hall–Kier alpha value is -2.15. The molecule has 0 radical (unpaired) electrons. The first-order valence-electron chi connectivity index (χ1n) is 6.18. The topological polar surface area (TPSA) is 41.4 Å². The van der Waals surface area contributed by atoms with Crippen molar-refractivity contribution in [2.45, 2.75) is 6.18 Å². The quantitative estimate of drug-likeness (QED) is 0.631. The fraction of sp³-hybridized carbons (Fsp3) is 0.214. The predicted molar refractivity (Wildman–Crippen MR) is 79.3 cm³/mol. The molecule has 0 saturated heterocycles. The van der Waals surface area contributed by atoms with E-state index in [1.807, 2.05) is 0 Å². The lowest BCUT2D eigenvalue weighted by Crippen LogP contribution is -2.11. The van der Waals surface area contributed by atoms with Gasteiger partial charge in [-0.2, -0.15) is 13.2 Å². The van der Waals surface area contributed by atoms with Crippen LogP contribution in [0.4, 0.5) is 19.0 Å². The van der Waals surface area contributed by atoms with Gasteiger partial charge in [0, 0.05) is 24.7 Å². The second-order valence-electron chi connectivity index (χ2n) is 4.64. The minimum atomic E-state index is -4.62. The van der Waals surface area contributed by atoms with E-state index in [1.54, 1.807) is 31.1 Å². The smallest absolute Gasteiger partial charge is 0.369 e. The highest BCUT2D eigenvalue weighted by atomic mass is 35.5. The standard InChI is InChI=1S/C14H12ClF3N4/c1-22(2)8-20-11-7-19-13(14(16,17)18)12(21-11)9-4-3-5-10(15)6-9/h3-8H,1-2H3/b20-8-. The molecule has 1 aromatic heterocycles. The molecule has 8 heteroatoms. The van der Waals surface area contributed by atoms with Gasteiger partial charge in [-0.15, -0.1) is 0 Å². The molecule has 0 aliphatic heterocycles. The molecule has 22 heavy (non-hydrogen) atoms. The van der Waals surface area contributed by atoms with Gasteiger partial charge in [0.15, 0.2) is 11.5 Å². The Morgan fingerprint density at radius 2 is 2.00 bits per heavy atom. The van der Waals surface area contributed by atoms with Crippen molar-refractivity contribution in [1.29, 1.82) is 0 Å². The first kappa shape index (κ1) is 16.2. The highest BCUT2D eigenvalue weighted by Crippen LogP contribution is 2.35. The van der Waals surface area contributed by atoms with Gasteiger partial charge in [-0.05, 0) is 12.1 Å². The highest BCUT2D eigenvalue weighted by Gasteiger charge is 2.36. The number of rotatable bonds is 3. The molecule has 1 aromatic carbocycles. The van der Waals surface area contributed by atoms with E-state index in [9.17, 15) is 13.2 Å². The second kappa shape index (κ2) is 6.31. The fourth-order valence-electron chi connectivity index (χ4n) is 1.66. The number of halogens is 4. The van der Waals surface area contributed by atoms with Gasteiger partial charge in [0.05, 0.1) is 12.5 Å². The third-order valence-corrected chi connectivity index (χ3v) is 2.78. The molecule has 1 heterocycles. The van der Waals surface area contributed by atoms with Crippen LogP contribution in [0.25, 0.3) is 11.3 Å². The van der Waals surface area contributed by atoms with E-state index < -0.39 is 11.9 Å². The van der Waals surface area contributed by atoms with Crippen LogP contribution < -0.4 is 0 Å². The van der Waals surface area contributed by atoms with E-state index in [0.717, 1.165) is 6.20 Å². The fourth-order valence-corrected chi connectivity index (χ4v) is 1.85. The van der Waals surface area contributed by atoms with Crippen molar-refractivity contribution in [1.82, 2.24) is 14.9 Å². The third-order valence-electron chi connectivity index (χ3n) is 2.55. The van der Waals surface area contributed by atoms with Gasteiger partial charge in [-0.25, -0.2) is 15.0 Å². The molecule has 116 valence electrons. The number of alkyl halides is 3. The Balaban J connectivity index is 2.58. The van der Waals surface area contributed by atoms with Crippen molar-refractivity contribution in [2.75, 3.05) is 14.1 Å². The maximum Gasteiger partial charge on any atom is 0.435 e. The molecule has 0 saturated carbocycles. The maximum absolute atomic E-state index is 13.1. The SMILES string of the molecule is CN(C)/C=N\c1cnc(C(F)(F)F)c(-c2cccc(Cl)c2)n1. The minimum absolute atomic E-state index is 0.0803. The summed E-state index contributed by atoms with van der Waals surface area (Å²) in [6.45, 7) is 0. The Morgan fingerprint density at radius 3 is 2.59 bits per heavy atom. The summed E-state index contributed by atoms with van der Waals surface area (Å²) in [7, 11) is 3.47. The van der Waals surface area contributed by atoms with Gasteiger partial charge in [-0.3, -0.25) is 0 Å². The van der Waals surface area contributed by atoms with Crippen molar-refractivity contribution in [3.63, 3.8) is 0 Å². The molecule has 0 aliphatic carbocycles. The first-order valence-corrected chi connectivity index (χ1v) is 6.56. The van der Waals surface area contributed by atoms with E-state index in [2.05, 4.69) is 15.0 Å². The van der Waals surface area contributed by atoms with Crippen LogP contribution in [0.15, 0.2) is 35.5 Å². The molecule has 2 rings (SSSR count). The lowest BCUT2D eigenvalue weighted by Gasteiger charge is -2.12. The number of benzene rings is 1. The molecule has 0 aliphatic rings. The molecule has 0 spiro atoms. The van der Waals surface area contributed by atoms with Crippen LogP contribution in [0, 0.1) is 0 Å². The monoisotopic (exact) mass is 328 g/mol. The zero-order valence-corrected chi connectivity index (χ0v) is 12.5. The molecule has 4 nitrogen and oxygen atoms in total. The van der Waals surface area contributed by atoms with Gasteiger partial charge < -0.3 is 4.90 Å². The lowest BCUT2D eigenvalue weighted by atomic mass is 10.1. The Morgan fingerprint density at radius 1 is 1.27 bits per heavy atom. The van der Waals surface area contributed by atoms with Crippen LogP contribution in [-0.2, 0) is 6.18 Å². The highest BCUT2D eigenvalue weighted by molar-refractivity contribution is 6.30. The summed E-state index contributed by atoms with van der Waals surface area (Å²) in [4.78, 5) is 13.0. The van der Waals surface area contributed by atoms with Crippen LogP contribution >= 0.6 is 11.6 Å². The maximum atomic E-state index is 13.1. The second-order valence-corrected chi connectivity index (χ2v) is 5.08. The number of hydrogen-bond donors (Lipinski definition) is 0. The molecule has 0 atom stereocenters. The molecule has 2 aromatic rings. The lowest BCUT2D eigenvalue weighted by molar-refractivity contribution is -0.140. The van der Waals surface area contributed by atoms with Gasteiger partial charge in [0.25, 0.3) is 0 Å². The summed E-state index contributed by atoms with van der Waals surface area (Å²) in [5.41, 5.74) is -1.14. The Kier molecular flexibility index (Phi) is 4.65. The van der Waals surface area contributed by atoms with Gasteiger partial charge in [0.1, 0.15) is 5.69 Å². The zero-order valence-electron chi connectivity index (χ0n) is 11.8. The minimum Gasteiger partial charge on any atom is -0.369 e. The van der Waals surface area contributed by atoms with E-state index in [1.165, 1.54) is 18.5 Å². The molecular formula is C14H12ClF3N4. The molecule has 0 amide bonds. The van der Waals surface area contributed by atoms with Crippen LogP contribution in [-0.4, -0.2) is 35.3 Å². The summed E-state index contributed by atoms with van der Waals surface area (Å²) in [5, 5.41) is 0.314. The van der Waals surface area contributed by atoms with E-state index in [-0.39, 0.29) is 17.1 Å². The molecule has 0 fully saturated rings. The number of aromatic nitrogens is 2. The van der Waals surface area contributed by atoms with E-state index >= 15 is 0 Å². The molecular weight excluding hydrogens is 317 g/mol.